The molecule has 1 heterocycles. The Hall–Kier alpha value is -3.53. The first kappa shape index (κ1) is 22.2. The van der Waals surface area contributed by atoms with Crippen molar-refractivity contribution in [2.24, 2.45) is 5.10 Å². The van der Waals surface area contributed by atoms with Crippen LogP contribution in [0.2, 0.25) is 0 Å². The van der Waals surface area contributed by atoms with Gasteiger partial charge in [0.15, 0.2) is 22.5 Å². The molecular weight excluding hydrogens is 418 g/mol. The van der Waals surface area contributed by atoms with Gasteiger partial charge in [-0.25, -0.2) is 5.43 Å². The topological polar surface area (TPSA) is 111 Å². The van der Waals surface area contributed by atoms with Crippen LogP contribution in [-0.4, -0.2) is 52.0 Å². The number of rotatable bonds is 9. The molecule has 0 aliphatic carbocycles. The van der Waals surface area contributed by atoms with Gasteiger partial charge < -0.3 is 19.1 Å². The lowest BCUT2D eigenvalue weighted by molar-refractivity contribution is -0.118. The highest BCUT2D eigenvalue weighted by molar-refractivity contribution is 7.99. The van der Waals surface area contributed by atoms with Crippen molar-refractivity contribution in [3.05, 3.63) is 48.0 Å². The molecule has 0 atom stereocenters. The zero-order valence-corrected chi connectivity index (χ0v) is 18.2. The maximum atomic E-state index is 12.1. The predicted octanol–water partition coefficient (Wildman–Crippen LogP) is 2.93. The number of phenolic OH excluding ortho intramolecular Hbond substituents is 1. The first-order valence-corrected chi connectivity index (χ1v) is 10.4. The lowest BCUT2D eigenvalue weighted by atomic mass is 10.2. The molecule has 2 aromatic carbocycles. The number of ether oxygens (including phenoxy) is 2. The molecule has 0 bridgehead atoms. The minimum atomic E-state index is -0.265. The fourth-order valence-corrected chi connectivity index (χ4v) is 3.57. The maximum Gasteiger partial charge on any atom is 0.250 e. The van der Waals surface area contributed by atoms with Gasteiger partial charge in [0.05, 0.1) is 26.2 Å². The number of carbonyl (C=O) groups is 1. The van der Waals surface area contributed by atoms with E-state index in [0.29, 0.717) is 29.0 Å². The van der Waals surface area contributed by atoms with E-state index in [1.165, 1.54) is 18.0 Å². The molecule has 1 amide bonds. The van der Waals surface area contributed by atoms with E-state index in [1.54, 1.807) is 38.5 Å². The van der Waals surface area contributed by atoms with Gasteiger partial charge in [-0.3, -0.25) is 4.79 Å². The minimum Gasteiger partial charge on any atom is -0.508 e. The van der Waals surface area contributed by atoms with Crippen molar-refractivity contribution in [3.8, 4) is 28.6 Å². The lowest BCUT2D eigenvalue weighted by Crippen LogP contribution is -2.20. The van der Waals surface area contributed by atoms with Gasteiger partial charge in [0.25, 0.3) is 5.91 Å². The normalized spacial score (nSPS) is 10.9. The van der Waals surface area contributed by atoms with Crippen molar-refractivity contribution >= 4 is 23.9 Å². The summed E-state index contributed by atoms with van der Waals surface area (Å²) in [5, 5.41) is 22.3. The number of aromatic hydroxyl groups is 1. The molecule has 9 nitrogen and oxygen atoms in total. The second-order valence-electron chi connectivity index (χ2n) is 6.29. The minimum absolute atomic E-state index is 0.136. The summed E-state index contributed by atoms with van der Waals surface area (Å²) >= 11 is 1.28. The van der Waals surface area contributed by atoms with E-state index in [1.807, 2.05) is 29.7 Å². The van der Waals surface area contributed by atoms with Crippen molar-refractivity contribution in [2.45, 2.75) is 18.6 Å². The third-order valence-corrected chi connectivity index (χ3v) is 5.27. The summed E-state index contributed by atoms with van der Waals surface area (Å²) in [7, 11) is 3.16. The Morgan fingerprint density at radius 3 is 2.58 bits per heavy atom. The Morgan fingerprint density at radius 1 is 1.16 bits per heavy atom. The zero-order chi connectivity index (χ0) is 22.2. The fourth-order valence-electron chi connectivity index (χ4n) is 2.77. The largest absolute Gasteiger partial charge is 0.508 e. The Bertz CT molecular complexity index is 1070. The molecule has 0 aliphatic rings. The van der Waals surface area contributed by atoms with E-state index in [9.17, 15) is 9.90 Å². The molecule has 10 heteroatoms. The van der Waals surface area contributed by atoms with Crippen LogP contribution in [0.15, 0.2) is 52.7 Å². The third-order valence-electron chi connectivity index (χ3n) is 4.30. The highest BCUT2D eigenvalue weighted by Gasteiger charge is 2.16. The number of thioether (sulfide) groups is 1. The number of hydrazone groups is 1. The van der Waals surface area contributed by atoms with Crippen LogP contribution in [0.4, 0.5) is 0 Å². The van der Waals surface area contributed by atoms with Gasteiger partial charge in [-0.2, -0.15) is 5.10 Å². The average Bonchev–Trinajstić information content (AvgIpc) is 3.21. The van der Waals surface area contributed by atoms with E-state index in [4.69, 9.17) is 9.47 Å². The number of phenols is 1. The number of methoxy groups -OCH3 is 2. The second kappa shape index (κ2) is 10.5. The highest BCUT2D eigenvalue weighted by Crippen LogP contribution is 2.32. The van der Waals surface area contributed by atoms with E-state index in [2.05, 4.69) is 20.7 Å². The predicted molar refractivity (Wildman–Crippen MR) is 119 cm³/mol. The first-order chi connectivity index (χ1) is 15.0. The average molecular weight is 442 g/mol. The van der Waals surface area contributed by atoms with E-state index in [-0.39, 0.29) is 17.4 Å². The molecule has 3 aromatic rings. The zero-order valence-electron chi connectivity index (χ0n) is 17.4. The number of hydrogen-bond donors (Lipinski definition) is 2. The van der Waals surface area contributed by atoms with E-state index in [0.717, 1.165) is 11.1 Å². The Balaban J connectivity index is 1.64. The van der Waals surface area contributed by atoms with Crippen molar-refractivity contribution in [1.82, 2.24) is 20.2 Å². The Kier molecular flexibility index (Phi) is 7.50. The molecule has 0 saturated heterocycles. The molecule has 0 aliphatic heterocycles. The number of amides is 1. The first-order valence-electron chi connectivity index (χ1n) is 9.45. The van der Waals surface area contributed by atoms with Gasteiger partial charge in [0, 0.05) is 12.1 Å². The van der Waals surface area contributed by atoms with Gasteiger partial charge in [-0.1, -0.05) is 11.8 Å². The van der Waals surface area contributed by atoms with Crippen molar-refractivity contribution in [3.63, 3.8) is 0 Å². The van der Waals surface area contributed by atoms with Crippen LogP contribution >= 0.6 is 11.8 Å². The van der Waals surface area contributed by atoms with E-state index >= 15 is 0 Å². The van der Waals surface area contributed by atoms with Crippen LogP contribution in [0, 0.1) is 0 Å². The van der Waals surface area contributed by atoms with E-state index < -0.39 is 0 Å². The number of hydrogen-bond acceptors (Lipinski definition) is 8. The van der Waals surface area contributed by atoms with Gasteiger partial charge >= 0.3 is 0 Å². The Morgan fingerprint density at radius 2 is 1.90 bits per heavy atom. The molecule has 0 radical (unpaired) electrons. The van der Waals surface area contributed by atoms with Crippen LogP contribution < -0.4 is 14.9 Å². The fraction of sp³-hybridized carbons (Fsp3) is 0.238. The molecular formula is C21H23N5O4S. The smallest absolute Gasteiger partial charge is 0.250 e. The van der Waals surface area contributed by atoms with Gasteiger partial charge in [0.1, 0.15) is 5.75 Å². The summed E-state index contributed by atoms with van der Waals surface area (Å²) in [5.74, 6) is 1.95. The summed E-state index contributed by atoms with van der Waals surface area (Å²) in [4.78, 5) is 12.1. The summed E-state index contributed by atoms with van der Waals surface area (Å²) in [6.45, 7) is 2.62. The number of benzene rings is 2. The number of nitrogens with one attached hydrogen (secondary N) is 1. The quantitative estimate of drug-likeness (QED) is 0.298. The standard InChI is InChI=1S/C21H23N5O4S/c1-4-26-20(15-7-10-17(29-2)18(11-15)30-3)24-25-21(26)31-13-19(28)23-22-12-14-5-8-16(27)9-6-14/h5-12,27H,4,13H2,1-3H3,(H,23,28). The third kappa shape index (κ3) is 5.54. The summed E-state index contributed by atoms with van der Waals surface area (Å²) in [5.41, 5.74) is 4.07. The number of carbonyl (C=O) groups excluding carboxylic acids is 1. The number of aromatic nitrogens is 3. The van der Waals surface area contributed by atoms with Crippen LogP contribution in [0.1, 0.15) is 12.5 Å². The lowest BCUT2D eigenvalue weighted by Gasteiger charge is -2.10. The van der Waals surface area contributed by atoms with Crippen LogP contribution in [0.5, 0.6) is 17.2 Å². The molecule has 1 aromatic heterocycles. The highest BCUT2D eigenvalue weighted by atomic mass is 32.2. The number of nitrogens with zero attached hydrogens (tertiary/aromatic N) is 4. The monoisotopic (exact) mass is 441 g/mol. The molecule has 3 rings (SSSR count). The molecule has 162 valence electrons. The maximum absolute atomic E-state index is 12.1. The SMILES string of the molecule is CCn1c(SCC(=O)NN=Cc2ccc(O)cc2)nnc1-c1ccc(OC)c(OC)c1. The summed E-state index contributed by atoms with van der Waals surface area (Å²) < 4.78 is 12.6. The molecule has 2 N–H and O–H groups in total. The molecule has 31 heavy (non-hydrogen) atoms. The van der Waals surface area contributed by atoms with Gasteiger partial charge in [-0.05, 0) is 55.0 Å². The van der Waals surface area contributed by atoms with Gasteiger partial charge in [0.2, 0.25) is 0 Å². The van der Waals surface area contributed by atoms with Crippen molar-refractivity contribution < 1.29 is 19.4 Å². The molecule has 0 fully saturated rings. The second-order valence-corrected chi connectivity index (χ2v) is 7.24. The Labute approximate surface area is 184 Å². The van der Waals surface area contributed by atoms with Crippen molar-refractivity contribution in [2.75, 3.05) is 20.0 Å². The van der Waals surface area contributed by atoms with Gasteiger partial charge in [-0.15, -0.1) is 10.2 Å². The summed E-state index contributed by atoms with van der Waals surface area (Å²) in [6.07, 6.45) is 1.51. The molecule has 0 unspecified atom stereocenters. The molecule has 0 spiro atoms. The van der Waals surface area contributed by atoms with Crippen molar-refractivity contribution in [1.29, 1.82) is 0 Å². The van der Waals surface area contributed by atoms with Crippen LogP contribution in [0.25, 0.3) is 11.4 Å². The van der Waals surface area contributed by atoms with Crippen LogP contribution in [0.3, 0.4) is 0 Å². The summed E-state index contributed by atoms with van der Waals surface area (Å²) in [6, 6.07) is 12.0. The van der Waals surface area contributed by atoms with Crippen LogP contribution in [-0.2, 0) is 11.3 Å². The molecule has 0 saturated carbocycles.